The predicted molar refractivity (Wildman–Crippen MR) is 73.5 cm³/mol. The van der Waals surface area contributed by atoms with Gasteiger partial charge in [-0.05, 0) is 12.3 Å². The first-order valence-corrected chi connectivity index (χ1v) is 6.95. The highest BCUT2D eigenvalue weighted by atomic mass is 35.5. The molecular weight excluding hydrogens is 310 g/mol. The lowest BCUT2D eigenvalue weighted by Gasteiger charge is -2.08. The van der Waals surface area contributed by atoms with Gasteiger partial charge in [-0.2, -0.15) is 0 Å². The summed E-state index contributed by atoms with van der Waals surface area (Å²) in [7, 11) is 0. The fourth-order valence-electron chi connectivity index (χ4n) is 1.02. The fourth-order valence-corrected chi connectivity index (χ4v) is 2.58. The van der Waals surface area contributed by atoms with Crippen molar-refractivity contribution < 1.29 is 4.74 Å². The maximum atomic E-state index is 6.02. The van der Waals surface area contributed by atoms with E-state index >= 15 is 0 Å². The third-order valence-electron chi connectivity index (χ3n) is 1.66. The van der Waals surface area contributed by atoms with Gasteiger partial charge < -0.3 is 4.74 Å². The molecule has 0 aliphatic carbocycles. The molecule has 0 aliphatic heterocycles. The summed E-state index contributed by atoms with van der Waals surface area (Å²) >= 11 is 24.4. The number of hydrogen-bond donors (Lipinski definition) is 0. The van der Waals surface area contributed by atoms with Gasteiger partial charge in [-0.1, -0.05) is 46.4 Å². The van der Waals surface area contributed by atoms with E-state index in [1.54, 1.807) is 12.1 Å². The minimum atomic E-state index is 0.165. The Bertz CT molecular complexity index is 379. The molecule has 0 atom stereocenters. The van der Waals surface area contributed by atoms with Crippen LogP contribution in [0.15, 0.2) is 27.6 Å². The molecule has 0 bridgehead atoms. The summed E-state index contributed by atoms with van der Waals surface area (Å²) in [5.74, 6) is 0.582. The molecule has 6 heteroatoms. The molecule has 1 nitrogen and oxygen atoms in total. The summed E-state index contributed by atoms with van der Waals surface area (Å²) in [4.78, 5) is 0.835. The van der Waals surface area contributed by atoms with Crippen molar-refractivity contribution in [2.45, 2.75) is 4.90 Å². The molecule has 16 heavy (non-hydrogen) atoms. The first kappa shape index (κ1) is 14.3. The van der Waals surface area contributed by atoms with Crippen LogP contribution in [0.4, 0.5) is 0 Å². The average molecular weight is 318 g/mol. The van der Waals surface area contributed by atoms with Gasteiger partial charge in [-0.15, -0.1) is 11.8 Å². The zero-order valence-electron chi connectivity index (χ0n) is 8.27. The molecule has 0 fully saturated rings. The normalized spacial score (nSPS) is 10.1. The molecule has 0 N–H and O–H groups in total. The molecule has 0 radical (unpaired) electrons. The molecule has 1 rings (SSSR count). The van der Waals surface area contributed by atoms with Crippen LogP contribution in [0.25, 0.3) is 0 Å². The summed E-state index contributed by atoms with van der Waals surface area (Å²) in [6.07, 6.45) is 3.44. The van der Waals surface area contributed by atoms with Gasteiger partial charge in [-0.25, -0.2) is 0 Å². The Morgan fingerprint density at radius 1 is 1.31 bits per heavy atom. The quantitative estimate of drug-likeness (QED) is 0.686. The summed E-state index contributed by atoms with van der Waals surface area (Å²) < 4.78 is 5.52. The Kier molecular flexibility index (Phi) is 6.16. The molecule has 0 saturated heterocycles. The summed E-state index contributed by atoms with van der Waals surface area (Å²) in [6, 6.07) is 3.41. The van der Waals surface area contributed by atoms with Crippen molar-refractivity contribution in [2.75, 3.05) is 12.9 Å². The van der Waals surface area contributed by atoms with Gasteiger partial charge in [0.2, 0.25) is 0 Å². The molecule has 1 aromatic rings. The van der Waals surface area contributed by atoms with Gasteiger partial charge in [0.1, 0.15) is 16.8 Å². The van der Waals surface area contributed by atoms with Gasteiger partial charge in [-0.3, -0.25) is 0 Å². The molecule has 0 saturated carbocycles. The highest BCUT2D eigenvalue weighted by molar-refractivity contribution is 7.98. The van der Waals surface area contributed by atoms with Crippen LogP contribution in [0.2, 0.25) is 10.0 Å². The first-order valence-electron chi connectivity index (χ1n) is 4.21. The Morgan fingerprint density at radius 3 is 2.31 bits per heavy atom. The average Bonchev–Trinajstić information content (AvgIpc) is 2.16. The van der Waals surface area contributed by atoms with Crippen molar-refractivity contribution in [3.63, 3.8) is 0 Å². The van der Waals surface area contributed by atoms with Crippen LogP contribution in [0.5, 0.6) is 5.75 Å². The van der Waals surface area contributed by atoms with Crippen LogP contribution in [-0.2, 0) is 0 Å². The molecule has 0 unspecified atom stereocenters. The van der Waals surface area contributed by atoms with E-state index in [1.807, 2.05) is 6.26 Å². The number of halogens is 4. The van der Waals surface area contributed by atoms with Crippen molar-refractivity contribution in [1.82, 2.24) is 0 Å². The Morgan fingerprint density at radius 2 is 1.88 bits per heavy atom. The zero-order valence-corrected chi connectivity index (χ0v) is 12.1. The molecule has 88 valence electrons. The van der Waals surface area contributed by atoms with E-state index in [0.29, 0.717) is 15.8 Å². The van der Waals surface area contributed by atoms with Crippen LogP contribution in [0.1, 0.15) is 0 Å². The smallest absolute Gasteiger partial charge is 0.122 e. The topological polar surface area (TPSA) is 9.23 Å². The lowest BCUT2D eigenvalue weighted by atomic mass is 10.3. The van der Waals surface area contributed by atoms with E-state index in [2.05, 4.69) is 0 Å². The molecule has 1 aromatic carbocycles. The van der Waals surface area contributed by atoms with Crippen LogP contribution >= 0.6 is 58.2 Å². The highest BCUT2D eigenvalue weighted by Gasteiger charge is 2.07. The zero-order chi connectivity index (χ0) is 12.1. The second-order valence-corrected chi connectivity index (χ2v) is 5.36. The minimum absolute atomic E-state index is 0.165. The van der Waals surface area contributed by atoms with Crippen LogP contribution in [0.3, 0.4) is 0 Å². The highest BCUT2D eigenvalue weighted by Crippen LogP contribution is 2.36. The number of hydrogen-bond acceptors (Lipinski definition) is 2. The number of benzene rings is 1. The third kappa shape index (κ3) is 4.27. The molecule has 0 aromatic heterocycles. The van der Waals surface area contributed by atoms with E-state index < -0.39 is 0 Å². The SMILES string of the molecule is CSc1c(Cl)cc(OCC=C(Cl)Cl)cc1Cl. The summed E-state index contributed by atoms with van der Waals surface area (Å²) in [5, 5.41) is 1.13. The fraction of sp³-hybridized carbons (Fsp3) is 0.200. The molecule has 0 amide bonds. The second-order valence-electron chi connectivity index (χ2n) is 2.72. The monoisotopic (exact) mass is 316 g/mol. The standard InChI is InChI=1S/C10H8Cl4OS/c1-16-10-7(11)4-6(5-8(10)12)15-3-2-9(13)14/h2,4-5H,3H2,1H3. The molecular formula is C10H8Cl4OS. The van der Waals surface area contributed by atoms with Crippen molar-refractivity contribution in [2.24, 2.45) is 0 Å². The van der Waals surface area contributed by atoms with Crippen LogP contribution in [-0.4, -0.2) is 12.9 Å². The molecule has 0 heterocycles. The van der Waals surface area contributed by atoms with Crippen LogP contribution in [0, 0.1) is 0 Å². The molecule has 0 aliphatic rings. The lowest BCUT2D eigenvalue weighted by molar-refractivity contribution is 0.362. The van der Waals surface area contributed by atoms with Gasteiger partial charge >= 0.3 is 0 Å². The third-order valence-corrected chi connectivity index (χ3v) is 3.64. The number of ether oxygens (including phenoxy) is 1. The second kappa shape index (κ2) is 6.87. The van der Waals surface area contributed by atoms with Gasteiger partial charge in [0.05, 0.1) is 10.0 Å². The van der Waals surface area contributed by atoms with Crippen molar-refractivity contribution in [1.29, 1.82) is 0 Å². The number of rotatable bonds is 4. The maximum absolute atomic E-state index is 6.02. The van der Waals surface area contributed by atoms with Crippen molar-refractivity contribution in [3.8, 4) is 5.75 Å². The van der Waals surface area contributed by atoms with Gasteiger partial charge in [0, 0.05) is 17.0 Å². The van der Waals surface area contributed by atoms with Crippen molar-refractivity contribution in [3.05, 3.63) is 32.7 Å². The van der Waals surface area contributed by atoms with Gasteiger partial charge in [0.15, 0.2) is 0 Å². The van der Waals surface area contributed by atoms with E-state index in [0.717, 1.165) is 4.90 Å². The van der Waals surface area contributed by atoms with Crippen LogP contribution < -0.4 is 4.74 Å². The Hall–Kier alpha value is 0.270. The lowest BCUT2D eigenvalue weighted by Crippen LogP contribution is -1.94. The predicted octanol–water partition coefficient (Wildman–Crippen LogP) is 5.41. The van der Waals surface area contributed by atoms with E-state index in [1.165, 1.54) is 17.8 Å². The largest absolute Gasteiger partial charge is 0.489 e. The first-order chi connectivity index (χ1) is 7.54. The van der Waals surface area contributed by atoms with E-state index in [4.69, 9.17) is 51.1 Å². The maximum Gasteiger partial charge on any atom is 0.122 e. The van der Waals surface area contributed by atoms with Crippen molar-refractivity contribution >= 4 is 58.2 Å². The Labute approximate surface area is 119 Å². The van der Waals surface area contributed by atoms with E-state index in [9.17, 15) is 0 Å². The van der Waals surface area contributed by atoms with Gasteiger partial charge in [0.25, 0.3) is 0 Å². The summed E-state index contributed by atoms with van der Waals surface area (Å²) in [6.45, 7) is 0.271. The summed E-state index contributed by atoms with van der Waals surface area (Å²) in [5.41, 5.74) is 0. The van der Waals surface area contributed by atoms with E-state index in [-0.39, 0.29) is 11.1 Å². The number of thioether (sulfide) groups is 1. The minimum Gasteiger partial charge on any atom is -0.489 e. The molecule has 0 spiro atoms. The Balaban J connectivity index is 2.80.